The van der Waals surface area contributed by atoms with E-state index in [1.807, 2.05) is 0 Å². The van der Waals surface area contributed by atoms with Crippen LogP contribution in [-0.4, -0.2) is 49.1 Å². The predicted molar refractivity (Wildman–Crippen MR) is 76.9 cm³/mol. The molecule has 0 amide bonds. The van der Waals surface area contributed by atoms with Gasteiger partial charge in [-0.15, -0.1) is 0 Å². The van der Waals surface area contributed by atoms with Crippen LogP contribution in [0.2, 0.25) is 0 Å². The van der Waals surface area contributed by atoms with Gasteiger partial charge in [-0.2, -0.15) is 0 Å². The number of hydrogen-bond donors (Lipinski definition) is 0. The van der Waals surface area contributed by atoms with Crippen molar-refractivity contribution < 1.29 is 0 Å². The van der Waals surface area contributed by atoms with Gasteiger partial charge in [-0.25, -0.2) is 0 Å². The highest BCUT2D eigenvalue weighted by atomic mass is 15.2. The summed E-state index contributed by atoms with van der Waals surface area (Å²) in [6.07, 6.45) is 13.3. The molecule has 2 saturated heterocycles. The van der Waals surface area contributed by atoms with E-state index in [1.165, 1.54) is 97.1 Å². The summed E-state index contributed by atoms with van der Waals surface area (Å²) in [5.74, 6) is 0. The third-order valence-electron chi connectivity index (χ3n) is 5.58. The summed E-state index contributed by atoms with van der Waals surface area (Å²) >= 11 is 0. The fourth-order valence-corrected chi connectivity index (χ4v) is 4.45. The standard InChI is InChI=1S/C16H30N2/c1-2-7-16(8-3-1)9-14-18(15-16)13-6-12-17-10-4-5-11-17/h1-15H2. The molecular formula is C16H30N2. The lowest BCUT2D eigenvalue weighted by atomic mass is 9.73. The van der Waals surface area contributed by atoms with Gasteiger partial charge >= 0.3 is 0 Å². The van der Waals surface area contributed by atoms with Crippen molar-refractivity contribution in [1.29, 1.82) is 0 Å². The van der Waals surface area contributed by atoms with E-state index in [2.05, 4.69) is 9.80 Å². The molecule has 3 aliphatic rings. The zero-order chi connectivity index (χ0) is 12.3. The van der Waals surface area contributed by atoms with Crippen LogP contribution in [0, 0.1) is 5.41 Å². The van der Waals surface area contributed by atoms with Gasteiger partial charge in [0.25, 0.3) is 0 Å². The van der Waals surface area contributed by atoms with Crippen molar-refractivity contribution in [2.75, 3.05) is 39.3 Å². The first kappa shape index (κ1) is 12.9. The molecule has 0 aromatic carbocycles. The Labute approximate surface area is 113 Å². The molecule has 18 heavy (non-hydrogen) atoms. The SMILES string of the molecule is C1CCC2(CC1)CCN(CCCN1CCCC1)C2. The van der Waals surface area contributed by atoms with Gasteiger partial charge in [0.2, 0.25) is 0 Å². The fraction of sp³-hybridized carbons (Fsp3) is 1.00. The average Bonchev–Trinajstić information content (AvgIpc) is 3.02. The quantitative estimate of drug-likeness (QED) is 0.756. The monoisotopic (exact) mass is 250 g/mol. The summed E-state index contributed by atoms with van der Waals surface area (Å²) in [6, 6.07) is 0. The van der Waals surface area contributed by atoms with Gasteiger partial charge in [-0.3, -0.25) is 0 Å². The Hall–Kier alpha value is -0.0800. The molecule has 0 atom stereocenters. The van der Waals surface area contributed by atoms with Crippen molar-refractivity contribution in [3.05, 3.63) is 0 Å². The Kier molecular flexibility index (Phi) is 4.25. The third kappa shape index (κ3) is 3.08. The molecule has 104 valence electrons. The highest BCUT2D eigenvalue weighted by molar-refractivity contribution is 4.91. The first-order chi connectivity index (χ1) is 8.86. The lowest BCUT2D eigenvalue weighted by molar-refractivity contribution is 0.182. The number of hydrogen-bond acceptors (Lipinski definition) is 2. The van der Waals surface area contributed by atoms with Gasteiger partial charge in [-0.1, -0.05) is 19.3 Å². The molecular weight excluding hydrogens is 220 g/mol. The zero-order valence-corrected chi connectivity index (χ0v) is 12.0. The predicted octanol–water partition coefficient (Wildman–Crippen LogP) is 3.13. The van der Waals surface area contributed by atoms with E-state index in [4.69, 9.17) is 0 Å². The van der Waals surface area contributed by atoms with Crippen molar-refractivity contribution in [3.63, 3.8) is 0 Å². The molecule has 0 radical (unpaired) electrons. The molecule has 3 rings (SSSR count). The lowest BCUT2D eigenvalue weighted by Crippen LogP contribution is -2.31. The second-order valence-corrected chi connectivity index (χ2v) is 6.99. The van der Waals surface area contributed by atoms with E-state index in [0.29, 0.717) is 0 Å². The summed E-state index contributed by atoms with van der Waals surface area (Å²) in [6.45, 7) is 8.25. The van der Waals surface area contributed by atoms with Crippen LogP contribution in [-0.2, 0) is 0 Å². The molecule has 2 aliphatic heterocycles. The van der Waals surface area contributed by atoms with Gasteiger partial charge in [-0.05, 0) is 76.7 Å². The van der Waals surface area contributed by atoms with E-state index >= 15 is 0 Å². The van der Waals surface area contributed by atoms with Gasteiger partial charge in [0.15, 0.2) is 0 Å². The van der Waals surface area contributed by atoms with E-state index in [0.717, 1.165) is 5.41 Å². The molecule has 0 bridgehead atoms. The Morgan fingerprint density at radius 3 is 2.17 bits per heavy atom. The number of likely N-dealkylation sites (tertiary alicyclic amines) is 2. The highest BCUT2D eigenvalue weighted by Gasteiger charge is 2.38. The molecule has 1 spiro atoms. The molecule has 1 saturated carbocycles. The minimum Gasteiger partial charge on any atom is -0.303 e. The maximum atomic E-state index is 2.77. The van der Waals surface area contributed by atoms with Crippen LogP contribution in [0.4, 0.5) is 0 Å². The fourth-order valence-electron chi connectivity index (χ4n) is 4.45. The zero-order valence-electron chi connectivity index (χ0n) is 12.0. The number of rotatable bonds is 4. The van der Waals surface area contributed by atoms with E-state index in [-0.39, 0.29) is 0 Å². The summed E-state index contributed by atoms with van der Waals surface area (Å²) in [4.78, 5) is 5.42. The van der Waals surface area contributed by atoms with E-state index in [1.54, 1.807) is 0 Å². The third-order valence-corrected chi connectivity index (χ3v) is 5.58. The van der Waals surface area contributed by atoms with Crippen LogP contribution in [0.1, 0.15) is 57.8 Å². The van der Waals surface area contributed by atoms with Crippen molar-refractivity contribution in [2.24, 2.45) is 5.41 Å². The smallest absolute Gasteiger partial charge is 0.00385 e. The molecule has 2 heteroatoms. The maximum Gasteiger partial charge on any atom is 0.00385 e. The maximum absolute atomic E-state index is 2.77. The van der Waals surface area contributed by atoms with Crippen LogP contribution in [0.25, 0.3) is 0 Å². The van der Waals surface area contributed by atoms with Gasteiger partial charge in [0.05, 0.1) is 0 Å². The van der Waals surface area contributed by atoms with E-state index in [9.17, 15) is 0 Å². The van der Waals surface area contributed by atoms with Crippen LogP contribution in [0.15, 0.2) is 0 Å². The normalized spacial score (nSPS) is 29.3. The Morgan fingerprint density at radius 2 is 1.39 bits per heavy atom. The molecule has 0 unspecified atom stereocenters. The van der Waals surface area contributed by atoms with Crippen molar-refractivity contribution in [3.8, 4) is 0 Å². The minimum absolute atomic E-state index is 0.756. The topological polar surface area (TPSA) is 6.48 Å². The molecule has 0 aromatic heterocycles. The second kappa shape index (κ2) is 5.92. The van der Waals surface area contributed by atoms with Crippen LogP contribution >= 0.6 is 0 Å². The Balaban J connectivity index is 1.36. The second-order valence-electron chi connectivity index (χ2n) is 6.99. The Morgan fingerprint density at radius 1 is 0.667 bits per heavy atom. The van der Waals surface area contributed by atoms with Gasteiger partial charge < -0.3 is 9.80 Å². The largest absolute Gasteiger partial charge is 0.303 e. The summed E-state index contributed by atoms with van der Waals surface area (Å²) in [5, 5.41) is 0. The van der Waals surface area contributed by atoms with E-state index < -0.39 is 0 Å². The van der Waals surface area contributed by atoms with Crippen LogP contribution in [0.3, 0.4) is 0 Å². The Bertz CT molecular complexity index is 252. The summed E-state index contributed by atoms with van der Waals surface area (Å²) in [7, 11) is 0. The average molecular weight is 250 g/mol. The van der Waals surface area contributed by atoms with Crippen molar-refractivity contribution >= 4 is 0 Å². The molecule has 2 heterocycles. The van der Waals surface area contributed by atoms with Crippen molar-refractivity contribution in [2.45, 2.75) is 57.8 Å². The molecule has 1 aliphatic carbocycles. The van der Waals surface area contributed by atoms with Gasteiger partial charge in [0.1, 0.15) is 0 Å². The molecule has 0 aromatic rings. The summed E-state index contributed by atoms with van der Waals surface area (Å²) in [5.41, 5.74) is 0.756. The van der Waals surface area contributed by atoms with Crippen LogP contribution in [0.5, 0.6) is 0 Å². The summed E-state index contributed by atoms with van der Waals surface area (Å²) < 4.78 is 0. The molecule has 2 nitrogen and oxygen atoms in total. The first-order valence-corrected chi connectivity index (χ1v) is 8.31. The van der Waals surface area contributed by atoms with Crippen molar-refractivity contribution in [1.82, 2.24) is 9.80 Å². The number of nitrogens with zero attached hydrogens (tertiary/aromatic N) is 2. The molecule has 3 fully saturated rings. The first-order valence-electron chi connectivity index (χ1n) is 8.31. The highest BCUT2D eigenvalue weighted by Crippen LogP contribution is 2.43. The van der Waals surface area contributed by atoms with Crippen LogP contribution < -0.4 is 0 Å². The van der Waals surface area contributed by atoms with Gasteiger partial charge in [0, 0.05) is 6.54 Å². The lowest BCUT2D eigenvalue weighted by Gasteiger charge is -2.33. The molecule has 0 N–H and O–H groups in total. The minimum atomic E-state index is 0.756.